The minimum Gasteiger partial charge on any atom is -0.457 e. The highest BCUT2D eigenvalue weighted by atomic mass is 79.9. The summed E-state index contributed by atoms with van der Waals surface area (Å²) < 4.78 is 6.84. The van der Waals surface area contributed by atoms with E-state index in [0.29, 0.717) is 5.56 Å². The molecular weight excluding hydrogens is 292 g/mol. The lowest BCUT2D eigenvalue weighted by Gasteiger charge is -2.10. The summed E-state index contributed by atoms with van der Waals surface area (Å²) in [7, 11) is 0. The second-order valence-corrected chi connectivity index (χ2v) is 5.06. The van der Waals surface area contributed by atoms with Gasteiger partial charge in [-0.1, -0.05) is 15.9 Å². The molecule has 0 saturated heterocycles. The molecule has 3 heteroatoms. The quantitative estimate of drug-likeness (QED) is 0.770. The maximum Gasteiger partial charge on any atom is 0.150 e. The lowest BCUT2D eigenvalue weighted by molar-refractivity contribution is 0.112. The van der Waals surface area contributed by atoms with Crippen LogP contribution in [0.15, 0.2) is 40.9 Å². The first kappa shape index (κ1) is 12.8. The molecule has 0 N–H and O–H groups in total. The number of benzene rings is 2. The zero-order valence-corrected chi connectivity index (χ0v) is 11.8. The first-order valence-corrected chi connectivity index (χ1v) is 6.39. The van der Waals surface area contributed by atoms with E-state index in [4.69, 9.17) is 4.74 Å². The predicted molar refractivity (Wildman–Crippen MR) is 75.5 cm³/mol. The Morgan fingerprint density at radius 2 is 1.83 bits per heavy atom. The van der Waals surface area contributed by atoms with Gasteiger partial charge < -0.3 is 4.74 Å². The van der Waals surface area contributed by atoms with E-state index in [1.165, 1.54) is 0 Å². The standard InChI is InChI=1S/C15H13BrO2/c1-10-8-14(5-3-12(10)9-17)18-15-6-4-13(16)7-11(15)2/h3-9H,1-2H3. The van der Waals surface area contributed by atoms with Crippen LogP contribution in [-0.4, -0.2) is 6.29 Å². The monoisotopic (exact) mass is 304 g/mol. The summed E-state index contributed by atoms with van der Waals surface area (Å²) in [5, 5.41) is 0. The molecule has 92 valence electrons. The maximum atomic E-state index is 10.7. The SMILES string of the molecule is Cc1cc(Oc2ccc(Br)cc2C)ccc1C=O. The Hall–Kier alpha value is -1.61. The van der Waals surface area contributed by atoms with Gasteiger partial charge in [0.2, 0.25) is 0 Å². The van der Waals surface area contributed by atoms with E-state index in [0.717, 1.165) is 33.4 Å². The van der Waals surface area contributed by atoms with E-state index in [1.54, 1.807) is 12.1 Å². The van der Waals surface area contributed by atoms with Crippen molar-refractivity contribution in [2.45, 2.75) is 13.8 Å². The predicted octanol–water partition coefficient (Wildman–Crippen LogP) is 4.67. The van der Waals surface area contributed by atoms with E-state index in [1.807, 2.05) is 38.1 Å². The number of ether oxygens (including phenoxy) is 1. The number of carbonyl (C=O) groups excluding carboxylic acids is 1. The van der Waals surface area contributed by atoms with E-state index in [2.05, 4.69) is 15.9 Å². The minimum absolute atomic E-state index is 0.690. The first-order valence-electron chi connectivity index (χ1n) is 5.60. The molecule has 0 unspecified atom stereocenters. The number of carbonyl (C=O) groups is 1. The summed E-state index contributed by atoms with van der Waals surface area (Å²) in [5.74, 6) is 1.56. The molecule has 0 aliphatic rings. The second kappa shape index (κ2) is 5.36. The molecule has 0 aliphatic carbocycles. The van der Waals surface area contributed by atoms with Crippen molar-refractivity contribution >= 4 is 22.2 Å². The number of aryl methyl sites for hydroxylation is 2. The lowest BCUT2D eigenvalue weighted by atomic mass is 10.1. The molecule has 0 fully saturated rings. The van der Waals surface area contributed by atoms with Crippen LogP contribution in [0.2, 0.25) is 0 Å². The molecular formula is C15H13BrO2. The Morgan fingerprint density at radius 1 is 1.06 bits per heavy atom. The Labute approximate surface area is 115 Å². The van der Waals surface area contributed by atoms with Gasteiger partial charge in [0.05, 0.1) is 0 Å². The first-order chi connectivity index (χ1) is 8.60. The van der Waals surface area contributed by atoms with Gasteiger partial charge in [-0.15, -0.1) is 0 Å². The van der Waals surface area contributed by atoms with Crippen molar-refractivity contribution in [2.24, 2.45) is 0 Å². The Kier molecular flexibility index (Phi) is 3.82. The van der Waals surface area contributed by atoms with Crippen molar-refractivity contribution in [3.63, 3.8) is 0 Å². The molecule has 0 radical (unpaired) electrons. The molecule has 0 aliphatic heterocycles. The minimum atomic E-state index is 0.690. The summed E-state index contributed by atoms with van der Waals surface area (Å²) in [4.78, 5) is 10.7. The average molecular weight is 305 g/mol. The number of hydrogen-bond donors (Lipinski definition) is 0. The molecule has 2 nitrogen and oxygen atoms in total. The van der Waals surface area contributed by atoms with Crippen molar-refractivity contribution in [1.82, 2.24) is 0 Å². The zero-order chi connectivity index (χ0) is 13.1. The van der Waals surface area contributed by atoms with Crippen LogP contribution in [-0.2, 0) is 0 Å². The van der Waals surface area contributed by atoms with Gasteiger partial charge in [-0.3, -0.25) is 4.79 Å². The fraction of sp³-hybridized carbons (Fsp3) is 0.133. The number of rotatable bonds is 3. The lowest BCUT2D eigenvalue weighted by Crippen LogP contribution is -1.91. The zero-order valence-electron chi connectivity index (χ0n) is 10.2. The van der Waals surface area contributed by atoms with Gasteiger partial charge in [0.1, 0.15) is 17.8 Å². The van der Waals surface area contributed by atoms with Crippen molar-refractivity contribution in [1.29, 1.82) is 0 Å². The van der Waals surface area contributed by atoms with E-state index in [9.17, 15) is 4.79 Å². The van der Waals surface area contributed by atoms with E-state index in [-0.39, 0.29) is 0 Å². The molecule has 0 spiro atoms. The fourth-order valence-electron chi connectivity index (χ4n) is 1.70. The van der Waals surface area contributed by atoms with Crippen LogP contribution in [0.3, 0.4) is 0 Å². The Bertz CT molecular complexity index is 591. The largest absolute Gasteiger partial charge is 0.457 e. The molecule has 18 heavy (non-hydrogen) atoms. The highest BCUT2D eigenvalue weighted by molar-refractivity contribution is 9.10. The van der Waals surface area contributed by atoms with Gasteiger partial charge in [0.15, 0.2) is 0 Å². The van der Waals surface area contributed by atoms with Crippen LogP contribution in [0.4, 0.5) is 0 Å². The molecule has 0 heterocycles. The molecule has 0 bridgehead atoms. The summed E-state index contributed by atoms with van der Waals surface area (Å²) in [6, 6.07) is 11.3. The Balaban J connectivity index is 2.28. The fourth-order valence-corrected chi connectivity index (χ4v) is 2.17. The molecule has 2 aromatic rings. The third-order valence-corrected chi connectivity index (χ3v) is 3.23. The topological polar surface area (TPSA) is 26.3 Å². The third kappa shape index (κ3) is 2.79. The van der Waals surface area contributed by atoms with Gasteiger partial charge in [-0.25, -0.2) is 0 Å². The second-order valence-electron chi connectivity index (χ2n) is 4.15. The van der Waals surface area contributed by atoms with Gasteiger partial charge in [0, 0.05) is 10.0 Å². The molecule has 2 rings (SSSR count). The normalized spacial score (nSPS) is 10.2. The van der Waals surface area contributed by atoms with Gasteiger partial charge in [-0.05, 0) is 61.4 Å². The van der Waals surface area contributed by atoms with Crippen LogP contribution in [0.25, 0.3) is 0 Å². The smallest absolute Gasteiger partial charge is 0.150 e. The van der Waals surface area contributed by atoms with Crippen molar-refractivity contribution in [3.05, 3.63) is 57.6 Å². The third-order valence-electron chi connectivity index (χ3n) is 2.73. The molecule has 0 amide bonds. The van der Waals surface area contributed by atoms with E-state index >= 15 is 0 Å². The maximum absolute atomic E-state index is 10.7. The number of hydrogen-bond acceptors (Lipinski definition) is 2. The van der Waals surface area contributed by atoms with Crippen molar-refractivity contribution < 1.29 is 9.53 Å². The highest BCUT2D eigenvalue weighted by Crippen LogP contribution is 2.28. The summed E-state index contributed by atoms with van der Waals surface area (Å²) in [5.41, 5.74) is 2.66. The summed E-state index contributed by atoms with van der Waals surface area (Å²) in [6.07, 6.45) is 0.851. The molecule has 0 atom stereocenters. The van der Waals surface area contributed by atoms with Gasteiger partial charge >= 0.3 is 0 Å². The summed E-state index contributed by atoms with van der Waals surface area (Å²) >= 11 is 3.42. The van der Waals surface area contributed by atoms with Crippen LogP contribution >= 0.6 is 15.9 Å². The van der Waals surface area contributed by atoms with Crippen LogP contribution < -0.4 is 4.74 Å². The number of aldehydes is 1. The number of halogens is 1. The summed E-state index contributed by atoms with van der Waals surface area (Å²) in [6.45, 7) is 3.89. The van der Waals surface area contributed by atoms with Gasteiger partial charge in [-0.2, -0.15) is 0 Å². The van der Waals surface area contributed by atoms with Crippen LogP contribution in [0, 0.1) is 13.8 Å². The Morgan fingerprint density at radius 3 is 2.44 bits per heavy atom. The van der Waals surface area contributed by atoms with Crippen molar-refractivity contribution in [2.75, 3.05) is 0 Å². The van der Waals surface area contributed by atoms with Gasteiger partial charge in [0.25, 0.3) is 0 Å². The molecule has 0 aromatic heterocycles. The molecule has 2 aromatic carbocycles. The van der Waals surface area contributed by atoms with Crippen LogP contribution in [0.5, 0.6) is 11.5 Å². The van der Waals surface area contributed by atoms with Crippen molar-refractivity contribution in [3.8, 4) is 11.5 Å². The van der Waals surface area contributed by atoms with E-state index < -0.39 is 0 Å². The molecule has 0 saturated carbocycles. The average Bonchev–Trinajstić information content (AvgIpc) is 2.33. The highest BCUT2D eigenvalue weighted by Gasteiger charge is 2.04. The van der Waals surface area contributed by atoms with Crippen LogP contribution in [0.1, 0.15) is 21.5 Å².